The van der Waals surface area contributed by atoms with Crippen LogP contribution >= 0.6 is 0 Å². The number of hydrogen-bond acceptors (Lipinski definition) is 2. The van der Waals surface area contributed by atoms with Crippen LogP contribution in [0.5, 0.6) is 0 Å². The van der Waals surface area contributed by atoms with Gasteiger partial charge in [0.15, 0.2) is 0 Å². The number of imidazole rings is 1. The molecule has 0 amide bonds. The summed E-state index contributed by atoms with van der Waals surface area (Å²) < 4.78 is 2.29. The molecule has 0 saturated heterocycles. The molecule has 2 rings (SSSR count). The molecule has 1 aliphatic heterocycles. The van der Waals surface area contributed by atoms with Crippen molar-refractivity contribution in [2.45, 2.75) is 20.0 Å². The highest BCUT2D eigenvalue weighted by Gasteiger charge is 2.16. The average Bonchev–Trinajstić information content (AvgIpc) is 2.48. The van der Waals surface area contributed by atoms with Crippen LogP contribution in [0.1, 0.15) is 11.5 Å². The molecule has 0 radical (unpaired) electrons. The van der Waals surface area contributed by atoms with Crippen molar-refractivity contribution in [2.24, 2.45) is 0 Å². The predicted molar refractivity (Wildman–Crippen MR) is 52.4 cm³/mol. The van der Waals surface area contributed by atoms with E-state index < -0.39 is 0 Å². The number of fused-ring (bicyclic) bond motifs is 1. The second-order valence-corrected chi connectivity index (χ2v) is 3.49. The summed E-state index contributed by atoms with van der Waals surface area (Å²) >= 11 is 0. The Balaban J connectivity index is 2.15. The second kappa shape index (κ2) is 3.34. The minimum atomic E-state index is 0.958. The van der Waals surface area contributed by atoms with Crippen molar-refractivity contribution in [1.29, 1.82) is 0 Å². The highest BCUT2D eigenvalue weighted by molar-refractivity contribution is 5.05. The van der Waals surface area contributed by atoms with Crippen LogP contribution in [0, 0.1) is 6.92 Å². The number of aryl methyl sites for hydroxylation is 1. The van der Waals surface area contributed by atoms with Gasteiger partial charge in [-0.05, 0) is 6.92 Å². The number of aromatic nitrogens is 2. The van der Waals surface area contributed by atoms with Crippen molar-refractivity contribution in [1.82, 2.24) is 14.5 Å². The van der Waals surface area contributed by atoms with E-state index >= 15 is 0 Å². The van der Waals surface area contributed by atoms with E-state index in [2.05, 4.69) is 28.0 Å². The number of rotatable bonds is 2. The lowest BCUT2D eigenvalue weighted by molar-refractivity contribution is 0.238. The molecular formula is C10H15N3. The van der Waals surface area contributed by atoms with E-state index in [1.807, 2.05) is 12.3 Å². The lowest BCUT2D eigenvalue weighted by Crippen LogP contribution is -2.34. The smallest absolute Gasteiger partial charge is 0.123 e. The molecule has 0 N–H and O–H groups in total. The first kappa shape index (κ1) is 8.51. The number of nitrogens with zero attached hydrogens (tertiary/aromatic N) is 3. The van der Waals surface area contributed by atoms with E-state index in [9.17, 15) is 0 Å². The van der Waals surface area contributed by atoms with Crippen molar-refractivity contribution in [2.75, 3.05) is 13.1 Å². The van der Waals surface area contributed by atoms with Gasteiger partial charge in [0, 0.05) is 31.5 Å². The van der Waals surface area contributed by atoms with Crippen LogP contribution in [0.4, 0.5) is 0 Å². The summed E-state index contributed by atoms with van der Waals surface area (Å²) in [5.74, 6) is 1.19. The summed E-state index contributed by atoms with van der Waals surface area (Å²) in [7, 11) is 0. The molecule has 3 heteroatoms. The molecule has 13 heavy (non-hydrogen) atoms. The SMILES string of the molecule is C=CCN1CCn2c(C)cnc2C1. The average molecular weight is 177 g/mol. The fourth-order valence-corrected chi connectivity index (χ4v) is 1.80. The van der Waals surface area contributed by atoms with Gasteiger partial charge in [-0.25, -0.2) is 4.98 Å². The first-order chi connectivity index (χ1) is 6.31. The topological polar surface area (TPSA) is 21.1 Å². The van der Waals surface area contributed by atoms with Crippen LogP contribution in [0.25, 0.3) is 0 Å². The summed E-state index contributed by atoms with van der Waals surface area (Å²) in [6.07, 6.45) is 3.90. The molecule has 0 fully saturated rings. The summed E-state index contributed by atoms with van der Waals surface area (Å²) in [4.78, 5) is 6.73. The third-order valence-electron chi connectivity index (χ3n) is 2.53. The van der Waals surface area contributed by atoms with Crippen molar-refractivity contribution in [3.05, 3.63) is 30.4 Å². The molecule has 0 spiro atoms. The van der Waals surface area contributed by atoms with Crippen molar-refractivity contribution in [3.8, 4) is 0 Å². The highest BCUT2D eigenvalue weighted by Crippen LogP contribution is 2.12. The summed E-state index contributed by atoms with van der Waals surface area (Å²) in [6.45, 7) is 9.95. The molecule has 0 bridgehead atoms. The fourth-order valence-electron chi connectivity index (χ4n) is 1.80. The normalized spacial score (nSPS) is 17.0. The minimum Gasteiger partial charge on any atom is -0.330 e. The van der Waals surface area contributed by atoms with Crippen LogP contribution in [0.3, 0.4) is 0 Å². The van der Waals surface area contributed by atoms with Crippen LogP contribution in [0.2, 0.25) is 0 Å². The maximum absolute atomic E-state index is 4.38. The standard InChI is InChI=1S/C10H15N3/c1-3-4-12-5-6-13-9(2)7-11-10(13)8-12/h3,7H,1,4-6,8H2,2H3. The maximum atomic E-state index is 4.38. The molecule has 0 aromatic carbocycles. The van der Waals surface area contributed by atoms with E-state index in [4.69, 9.17) is 0 Å². The van der Waals surface area contributed by atoms with Gasteiger partial charge in [-0.1, -0.05) is 6.08 Å². The Morgan fingerprint density at radius 1 is 1.62 bits per heavy atom. The molecule has 3 nitrogen and oxygen atoms in total. The Kier molecular flexibility index (Phi) is 2.19. The number of hydrogen-bond donors (Lipinski definition) is 0. The summed E-state index contributed by atoms with van der Waals surface area (Å²) in [5.41, 5.74) is 1.27. The van der Waals surface area contributed by atoms with Gasteiger partial charge in [0.25, 0.3) is 0 Å². The zero-order valence-electron chi connectivity index (χ0n) is 8.03. The molecule has 0 unspecified atom stereocenters. The van der Waals surface area contributed by atoms with Crippen LogP contribution in [0.15, 0.2) is 18.9 Å². The monoisotopic (exact) mass is 177 g/mol. The molecule has 2 heterocycles. The van der Waals surface area contributed by atoms with Gasteiger partial charge in [-0.3, -0.25) is 4.90 Å². The van der Waals surface area contributed by atoms with Crippen LogP contribution < -0.4 is 0 Å². The van der Waals surface area contributed by atoms with E-state index in [0.717, 1.165) is 26.2 Å². The van der Waals surface area contributed by atoms with Gasteiger partial charge >= 0.3 is 0 Å². The van der Waals surface area contributed by atoms with Crippen molar-refractivity contribution < 1.29 is 0 Å². The van der Waals surface area contributed by atoms with Gasteiger partial charge in [0.2, 0.25) is 0 Å². The van der Waals surface area contributed by atoms with E-state index in [1.165, 1.54) is 11.5 Å². The summed E-state index contributed by atoms with van der Waals surface area (Å²) in [5, 5.41) is 0. The predicted octanol–water partition coefficient (Wildman–Crippen LogP) is 1.19. The Morgan fingerprint density at radius 3 is 3.23 bits per heavy atom. The zero-order chi connectivity index (χ0) is 9.26. The maximum Gasteiger partial charge on any atom is 0.123 e. The lowest BCUT2D eigenvalue weighted by Gasteiger charge is -2.26. The largest absolute Gasteiger partial charge is 0.330 e. The summed E-state index contributed by atoms with van der Waals surface area (Å²) in [6, 6.07) is 0. The van der Waals surface area contributed by atoms with Gasteiger partial charge in [0.1, 0.15) is 5.82 Å². The molecule has 0 aliphatic carbocycles. The van der Waals surface area contributed by atoms with Gasteiger partial charge in [-0.2, -0.15) is 0 Å². The fraction of sp³-hybridized carbons (Fsp3) is 0.500. The quantitative estimate of drug-likeness (QED) is 0.633. The highest BCUT2D eigenvalue weighted by atomic mass is 15.2. The zero-order valence-corrected chi connectivity index (χ0v) is 8.03. The molecule has 70 valence electrons. The van der Waals surface area contributed by atoms with Crippen LogP contribution in [-0.4, -0.2) is 27.5 Å². The Hall–Kier alpha value is -1.09. The van der Waals surface area contributed by atoms with Crippen LogP contribution in [-0.2, 0) is 13.1 Å². The molecule has 0 atom stereocenters. The van der Waals surface area contributed by atoms with Crippen molar-refractivity contribution in [3.63, 3.8) is 0 Å². The minimum absolute atomic E-state index is 0.958. The molecule has 0 saturated carbocycles. The Bertz CT molecular complexity index is 314. The van der Waals surface area contributed by atoms with Gasteiger partial charge < -0.3 is 4.57 Å². The van der Waals surface area contributed by atoms with E-state index in [1.54, 1.807) is 0 Å². The van der Waals surface area contributed by atoms with Crippen molar-refractivity contribution >= 4 is 0 Å². The second-order valence-electron chi connectivity index (χ2n) is 3.49. The molecule has 1 aromatic rings. The molecular weight excluding hydrogens is 162 g/mol. The third-order valence-corrected chi connectivity index (χ3v) is 2.53. The lowest BCUT2D eigenvalue weighted by atomic mass is 10.3. The molecule has 1 aliphatic rings. The van der Waals surface area contributed by atoms with Gasteiger partial charge in [-0.15, -0.1) is 6.58 Å². The first-order valence-electron chi connectivity index (χ1n) is 4.65. The van der Waals surface area contributed by atoms with Gasteiger partial charge in [0.05, 0.1) is 6.54 Å². The third kappa shape index (κ3) is 1.52. The Morgan fingerprint density at radius 2 is 2.46 bits per heavy atom. The van der Waals surface area contributed by atoms with E-state index in [0.29, 0.717) is 0 Å². The molecule has 1 aromatic heterocycles. The van der Waals surface area contributed by atoms with E-state index in [-0.39, 0.29) is 0 Å². The first-order valence-corrected chi connectivity index (χ1v) is 4.65. The Labute approximate surface area is 78.7 Å².